The minimum absolute atomic E-state index is 0.182. The van der Waals surface area contributed by atoms with Crippen LogP contribution in [0.25, 0.3) is 10.9 Å². The summed E-state index contributed by atoms with van der Waals surface area (Å²) in [6.07, 6.45) is 0. The van der Waals surface area contributed by atoms with E-state index in [2.05, 4.69) is 24.7 Å². The van der Waals surface area contributed by atoms with Crippen LogP contribution in [0.1, 0.15) is 0 Å². The molecule has 0 aliphatic heterocycles. The van der Waals surface area contributed by atoms with Crippen molar-refractivity contribution in [3.05, 3.63) is 29.2 Å². The first-order chi connectivity index (χ1) is 8.88. The second-order valence-electron chi connectivity index (χ2n) is 5.77. The zero-order valence-corrected chi connectivity index (χ0v) is 13.2. The highest BCUT2D eigenvalue weighted by Crippen LogP contribution is 2.25. The molecule has 1 aromatic heterocycles. The Kier molecular flexibility index (Phi) is 4.28. The molecule has 2 rings (SSSR count). The van der Waals surface area contributed by atoms with E-state index in [0.29, 0.717) is 24.2 Å². The van der Waals surface area contributed by atoms with Gasteiger partial charge in [-0.1, -0.05) is 37.3 Å². The molecule has 0 fully saturated rings. The predicted octanol–water partition coefficient (Wildman–Crippen LogP) is 4.14. The SMILES string of the molecule is C[Si](C)(C)CCOCn1nc(Cl)c2c(F)cccc21. The van der Waals surface area contributed by atoms with Crippen LogP contribution < -0.4 is 0 Å². The van der Waals surface area contributed by atoms with Crippen molar-refractivity contribution in [2.75, 3.05) is 6.61 Å². The third-order valence-corrected chi connectivity index (χ3v) is 4.86. The summed E-state index contributed by atoms with van der Waals surface area (Å²) in [6, 6.07) is 5.91. The molecule has 0 amide bonds. The normalized spacial score (nSPS) is 12.3. The molecule has 0 saturated heterocycles. The van der Waals surface area contributed by atoms with Gasteiger partial charge < -0.3 is 4.74 Å². The fourth-order valence-electron chi connectivity index (χ4n) is 1.77. The van der Waals surface area contributed by atoms with Crippen LogP contribution in [-0.2, 0) is 11.5 Å². The van der Waals surface area contributed by atoms with Gasteiger partial charge in [0, 0.05) is 14.7 Å². The van der Waals surface area contributed by atoms with Crippen LogP contribution in [0.4, 0.5) is 4.39 Å². The van der Waals surface area contributed by atoms with E-state index >= 15 is 0 Å². The molecule has 0 atom stereocenters. The number of nitrogens with zero attached hydrogens (tertiary/aromatic N) is 2. The molecular formula is C13H18ClFN2OSi. The lowest BCUT2D eigenvalue weighted by atomic mass is 10.2. The van der Waals surface area contributed by atoms with Gasteiger partial charge in [0.2, 0.25) is 0 Å². The van der Waals surface area contributed by atoms with Crippen LogP contribution in [0.5, 0.6) is 0 Å². The van der Waals surface area contributed by atoms with E-state index in [9.17, 15) is 4.39 Å². The van der Waals surface area contributed by atoms with Crippen LogP contribution in [0.3, 0.4) is 0 Å². The summed E-state index contributed by atoms with van der Waals surface area (Å²) in [6.45, 7) is 7.89. The Hall–Kier alpha value is -0.913. The van der Waals surface area contributed by atoms with Gasteiger partial charge in [-0.2, -0.15) is 5.10 Å². The van der Waals surface area contributed by atoms with E-state index in [0.717, 1.165) is 6.04 Å². The molecule has 0 radical (unpaired) electrons. The van der Waals surface area contributed by atoms with Gasteiger partial charge in [-0.05, 0) is 18.2 Å². The average Bonchev–Trinajstić information content (AvgIpc) is 2.62. The van der Waals surface area contributed by atoms with E-state index in [1.54, 1.807) is 16.8 Å². The van der Waals surface area contributed by atoms with E-state index < -0.39 is 8.07 Å². The fourth-order valence-corrected chi connectivity index (χ4v) is 2.80. The summed E-state index contributed by atoms with van der Waals surface area (Å²) in [5.74, 6) is -0.351. The highest BCUT2D eigenvalue weighted by Gasteiger charge is 2.14. The van der Waals surface area contributed by atoms with Crippen molar-refractivity contribution in [3.8, 4) is 0 Å². The number of aromatic nitrogens is 2. The molecule has 0 aliphatic rings. The minimum atomic E-state index is -1.09. The van der Waals surface area contributed by atoms with E-state index in [1.807, 2.05) is 0 Å². The highest BCUT2D eigenvalue weighted by atomic mass is 35.5. The highest BCUT2D eigenvalue weighted by molar-refractivity contribution is 6.76. The van der Waals surface area contributed by atoms with Crippen LogP contribution in [0.2, 0.25) is 30.8 Å². The molecule has 0 unspecified atom stereocenters. The lowest BCUT2D eigenvalue weighted by molar-refractivity contribution is 0.0817. The van der Waals surface area contributed by atoms with Crippen LogP contribution in [0, 0.1) is 5.82 Å². The standard InChI is InChI=1S/C13H18ClFN2OSi/c1-19(2,3)8-7-18-9-17-11-6-4-5-10(15)12(11)13(14)16-17/h4-6H,7-9H2,1-3H3. The van der Waals surface area contributed by atoms with Gasteiger partial charge >= 0.3 is 0 Å². The summed E-state index contributed by atoms with van der Waals surface area (Å²) in [4.78, 5) is 0. The predicted molar refractivity (Wildman–Crippen MR) is 78.8 cm³/mol. The monoisotopic (exact) mass is 300 g/mol. The van der Waals surface area contributed by atoms with Gasteiger partial charge in [-0.25, -0.2) is 9.07 Å². The van der Waals surface area contributed by atoms with E-state index in [-0.39, 0.29) is 11.0 Å². The lowest BCUT2D eigenvalue weighted by Gasteiger charge is -2.15. The zero-order valence-electron chi connectivity index (χ0n) is 11.4. The number of halogens is 2. The maximum absolute atomic E-state index is 13.6. The molecule has 2 aromatic rings. The molecule has 1 aromatic carbocycles. The van der Waals surface area contributed by atoms with Gasteiger partial charge in [-0.3, -0.25) is 0 Å². The number of ether oxygens (including phenoxy) is 1. The first-order valence-corrected chi connectivity index (χ1v) is 10.4. The van der Waals surface area contributed by atoms with Crippen molar-refractivity contribution in [2.24, 2.45) is 0 Å². The van der Waals surface area contributed by atoms with Gasteiger partial charge in [0.1, 0.15) is 12.5 Å². The summed E-state index contributed by atoms with van der Waals surface area (Å²) in [5.41, 5.74) is 0.665. The van der Waals surface area contributed by atoms with Crippen molar-refractivity contribution in [2.45, 2.75) is 32.4 Å². The molecule has 19 heavy (non-hydrogen) atoms. The summed E-state index contributed by atoms with van der Waals surface area (Å²) in [5, 5.41) is 4.65. The Bertz CT molecular complexity index is 580. The van der Waals surface area contributed by atoms with E-state index in [4.69, 9.17) is 16.3 Å². The van der Waals surface area contributed by atoms with Crippen molar-refractivity contribution in [1.82, 2.24) is 9.78 Å². The third kappa shape index (κ3) is 3.55. The maximum Gasteiger partial charge on any atom is 0.161 e. The Morgan fingerprint density at radius 2 is 2.11 bits per heavy atom. The fraction of sp³-hybridized carbons (Fsp3) is 0.462. The summed E-state index contributed by atoms with van der Waals surface area (Å²) >= 11 is 5.95. The van der Waals surface area contributed by atoms with Gasteiger partial charge in [0.15, 0.2) is 5.15 Å². The minimum Gasteiger partial charge on any atom is -0.360 e. The molecule has 0 aliphatic carbocycles. The lowest BCUT2D eigenvalue weighted by Crippen LogP contribution is -2.22. The first-order valence-electron chi connectivity index (χ1n) is 6.27. The molecule has 0 saturated carbocycles. The van der Waals surface area contributed by atoms with Gasteiger partial charge in [-0.15, -0.1) is 0 Å². The molecule has 3 nitrogen and oxygen atoms in total. The van der Waals surface area contributed by atoms with Crippen LogP contribution in [0.15, 0.2) is 18.2 Å². The number of hydrogen-bond donors (Lipinski definition) is 0. The molecule has 0 N–H and O–H groups in total. The number of benzene rings is 1. The zero-order chi connectivity index (χ0) is 14.0. The number of hydrogen-bond acceptors (Lipinski definition) is 2. The Morgan fingerprint density at radius 1 is 1.37 bits per heavy atom. The van der Waals surface area contributed by atoms with Crippen molar-refractivity contribution in [1.29, 1.82) is 0 Å². The van der Waals surface area contributed by atoms with Crippen molar-refractivity contribution < 1.29 is 9.13 Å². The molecule has 0 spiro atoms. The average molecular weight is 301 g/mol. The van der Waals surface area contributed by atoms with Crippen LogP contribution in [-0.4, -0.2) is 24.5 Å². The smallest absolute Gasteiger partial charge is 0.161 e. The van der Waals surface area contributed by atoms with Gasteiger partial charge in [0.05, 0.1) is 10.9 Å². The van der Waals surface area contributed by atoms with Crippen molar-refractivity contribution in [3.63, 3.8) is 0 Å². The quantitative estimate of drug-likeness (QED) is 0.613. The number of fused-ring (bicyclic) bond motifs is 1. The number of rotatable bonds is 5. The largest absolute Gasteiger partial charge is 0.360 e. The van der Waals surface area contributed by atoms with Gasteiger partial charge in [0.25, 0.3) is 0 Å². The first kappa shape index (κ1) is 14.5. The topological polar surface area (TPSA) is 27.1 Å². The third-order valence-electron chi connectivity index (χ3n) is 2.89. The summed E-state index contributed by atoms with van der Waals surface area (Å²) in [7, 11) is -1.09. The molecule has 104 valence electrons. The van der Waals surface area contributed by atoms with Crippen LogP contribution >= 0.6 is 11.6 Å². The Morgan fingerprint density at radius 3 is 2.79 bits per heavy atom. The second-order valence-corrected chi connectivity index (χ2v) is 11.8. The Labute approximate surface area is 118 Å². The maximum atomic E-state index is 13.6. The van der Waals surface area contributed by atoms with E-state index in [1.165, 1.54) is 6.07 Å². The second kappa shape index (κ2) is 5.61. The molecular weight excluding hydrogens is 283 g/mol. The summed E-state index contributed by atoms with van der Waals surface area (Å²) < 4.78 is 20.8. The van der Waals surface area contributed by atoms with Crippen molar-refractivity contribution >= 4 is 30.6 Å². The Balaban J connectivity index is 2.08. The molecule has 0 bridgehead atoms. The molecule has 1 heterocycles. The molecule has 6 heteroatoms.